The van der Waals surface area contributed by atoms with Gasteiger partial charge in [0, 0.05) is 24.5 Å². The normalized spacial score (nSPS) is 10.6. The van der Waals surface area contributed by atoms with Gasteiger partial charge in [-0.1, -0.05) is 11.6 Å². The van der Waals surface area contributed by atoms with Crippen LogP contribution >= 0.6 is 11.6 Å². The van der Waals surface area contributed by atoms with Crippen LogP contribution in [-0.4, -0.2) is 25.5 Å². The molecular weight excluding hydrogens is 290 g/mol. The lowest BCUT2D eigenvalue weighted by atomic mass is 10.3. The van der Waals surface area contributed by atoms with Crippen LogP contribution in [0.4, 0.5) is 5.69 Å². The van der Waals surface area contributed by atoms with E-state index in [-0.39, 0.29) is 5.91 Å². The van der Waals surface area contributed by atoms with Crippen LogP contribution in [-0.2, 0) is 7.05 Å². The maximum atomic E-state index is 12.1. The first-order valence-corrected chi connectivity index (χ1v) is 6.60. The molecule has 21 heavy (non-hydrogen) atoms. The van der Waals surface area contributed by atoms with E-state index in [9.17, 15) is 4.79 Å². The average molecular weight is 302 g/mol. The van der Waals surface area contributed by atoms with Gasteiger partial charge in [-0.25, -0.2) is 4.68 Å². The molecule has 3 aromatic rings. The van der Waals surface area contributed by atoms with E-state index >= 15 is 0 Å². The number of rotatable bonds is 3. The van der Waals surface area contributed by atoms with Crippen molar-refractivity contribution < 1.29 is 4.79 Å². The zero-order valence-corrected chi connectivity index (χ0v) is 11.9. The Balaban J connectivity index is 1.78. The van der Waals surface area contributed by atoms with Crippen LogP contribution in [0, 0.1) is 0 Å². The van der Waals surface area contributed by atoms with Gasteiger partial charge in [0.2, 0.25) is 0 Å². The first-order chi connectivity index (χ1) is 10.1. The van der Waals surface area contributed by atoms with E-state index in [4.69, 9.17) is 11.6 Å². The Bertz CT molecular complexity index is 775. The minimum atomic E-state index is -0.233. The molecule has 0 fully saturated rings. The zero-order chi connectivity index (χ0) is 14.8. The van der Waals surface area contributed by atoms with Crippen molar-refractivity contribution in [3.63, 3.8) is 0 Å². The predicted octanol–water partition coefficient (Wildman–Crippen LogP) is 2.51. The summed E-state index contributed by atoms with van der Waals surface area (Å²) >= 11 is 5.85. The molecule has 0 aliphatic carbocycles. The lowest BCUT2D eigenvalue weighted by Crippen LogP contribution is -2.10. The monoisotopic (exact) mass is 301 g/mol. The van der Waals surface area contributed by atoms with Crippen LogP contribution in [0.5, 0.6) is 0 Å². The van der Waals surface area contributed by atoms with Gasteiger partial charge in [-0.2, -0.15) is 10.2 Å². The highest BCUT2D eigenvalue weighted by atomic mass is 35.5. The van der Waals surface area contributed by atoms with Crippen molar-refractivity contribution in [1.29, 1.82) is 0 Å². The van der Waals surface area contributed by atoms with Gasteiger partial charge >= 0.3 is 0 Å². The van der Waals surface area contributed by atoms with Crippen LogP contribution in [0.2, 0.25) is 5.02 Å². The van der Waals surface area contributed by atoms with Crippen LogP contribution in [0.15, 0.2) is 49.1 Å². The number of hydrogen-bond donors (Lipinski definition) is 1. The van der Waals surface area contributed by atoms with Gasteiger partial charge in [0.05, 0.1) is 29.3 Å². The molecule has 2 heterocycles. The summed E-state index contributed by atoms with van der Waals surface area (Å²) in [4.78, 5) is 12.1. The number of carbonyl (C=O) groups is 1. The van der Waals surface area contributed by atoms with Crippen LogP contribution in [0.1, 0.15) is 10.4 Å². The lowest BCUT2D eigenvalue weighted by molar-refractivity contribution is 0.102. The van der Waals surface area contributed by atoms with Gasteiger partial charge in [-0.15, -0.1) is 0 Å². The quantitative estimate of drug-likeness (QED) is 0.808. The molecule has 0 aliphatic heterocycles. The number of halogens is 1. The summed E-state index contributed by atoms with van der Waals surface area (Å²) in [6.45, 7) is 0. The number of hydrogen-bond acceptors (Lipinski definition) is 3. The molecule has 1 amide bonds. The van der Waals surface area contributed by atoms with Gasteiger partial charge in [0.15, 0.2) is 0 Å². The maximum Gasteiger partial charge on any atom is 0.258 e. The molecule has 0 atom stereocenters. The molecular formula is C14H12ClN5O. The molecule has 2 aromatic heterocycles. The first kappa shape index (κ1) is 13.4. The fraction of sp³-hybridized carbons (Fsp3) is 0.0714. The molecule has 0 spiro atoms. The van der Waals surface area contributed by atoms with E-state index in [1.165, 1.54) is 6.20 Å². The van der Waals surface area contributed by atoms with Crippen molar-refractivity contribution in [3.05, 3.63) is 59.6 Å². The number of nitrogens with zero attached hydrogens (tertiary/aromatic N) is 4. The standard InChI is InChI=1S/C14H12ClN5O/c1-19-9-12(7-16-19)18-14(21)10-6-17-20(8-10)13-4-2-11(15)3-5-13/h2-9H,1H3,(H,18,21). The summed E-state index contributed by atoms with van der Waals surface area (Å²) in [5.74, 6) is -0.233. The van der Waals surface area contributed by atoms with Gasteiger partial charge in [0.25, 0.3) is 5.91 Å². The van der Waals surface area contributed by atoms with Crippen molar-refractivity contribution >= 4 is 23.2 Å². The molecule has 1 aromatic carbocycles. The third-order valence-corrected chi connectivity index (χ3v) is 3.15. The maximum absolute atomic E-state index is 12.1. The zero-order valence-electron chi connectivity index (χ0n) is 11.2. The van der Waals surface area contributed by atoms with Gasteiger partial charge in [0.1, 0.15) is 0 Å². The van der Waals surface area contributed by atoms with Crippen molar-refractivity contribution in [2.45, 2.75) is 0 Å². The fourth-order valence-electron chi connectivity index (χ4n) is 1.86. The lowest BCUT2D eigenvalue weighted by Gasteiger charge is -2.01. The Morgan fingerprint density at radius 1 is 1.14 bits per heavy atom. The molecule has 7 heteroatoms. The summed E-state index contributed by atoms with van der Waals surface area (Å²) in [7, 11) is 1.79. The first-order valence-electron chi connectivity index (χ1n) is 6.22. The molecule has 0 aliphatic rings. The SMILES string of the molecule is Cn1cc(NC(=O)c2cnn(-c3ccc(Cl)cc3)c2)cn1. The Kier molecular flexibility index (Phi) is 3.45. The molecule has 106 valence electrons. The second-order valence-electron chi connectivity index (χ2n) is 4.51. The highest BCUT2D eigenvalue weighted by Crippen LogP contribution is 2.14. The molecule has 0 bridgehead atoms. The minimum absolute atomic E-state index is 0.233. The second kappa shape index (κ2) is 5.41. The van der Waals surface area contributed by atoms with E-state index < -0.39 is 0 Å². The van der Waals surface area contributed by atoms with Crippen molar-refractivity contribution in [2.24, 2.45) is 7.05 Å². The van der Waals surface area contributed by atoms with E-state index in [2.05, 4.69) is 15.5 Å². The number of nitrogens with one attached hydrogen (secondary N) is 1. The van der Waals surface area contributed by atoms with Crippen LogP contribution < -0.4 is 5.32 Å². The number of carbonyl (C=O) groups excluding carboxylic acids is 1. The highest BCUT2D eigenvalue weighted by Gasteiger charge is 2.10. The summed E-state index contributed by atoms with van der Waals surface area (Å²) < 4.78 is 3.24. The average Bonchev–Trinajstić information content (AvgIpc) is 3.09. The van der Waals surface area contributed by atoms with E-state index in [0.717, 1.165) is 5.69 Å². The van der Waals surface area contributed by atoms with Crippen molar-refractivity contribution in [2.75, 3.05) is 5.32 Å². The largest absolute Gasteiger partial charge is 0.319 e. The number of benzene rings is 1. The highest BCUT2D eigenvalue weighted by molar-refractivity contribution is 6.30. The Morgan fingerprint density at radius 2 is 1.90 bits per heavy atom. The number of anilines is 1. The Labute approximate surface area is 126 Å². The summed E-state index contributed by atoms with van der Waals surface area (Å²) in [5, 5.41) is 11.6. The molecule has 1 N–H and O–H groups in total. The van der Waals surface area contributed by atoms with Crippen molar-refractivity contribution in [3.8, 4) is 5.69 Å². The van der Waals surface area contributed by atoms with Gasteiger partial charge in [-0.3, -0.25) is 9.48 Å². The summed E-state index contributed by atoms with van der Waals surface area (Å²) in [6, 6.07) is 7.21. The predicted molar refractivity (Wildman–Crippen MR) is 79.7 cm³/mol. The fourth-order valence-corrected chi connectivity index (χ4v) is 1.99. The number of aromatic nitrogens is 4. The molecule has 0 saturated carbocycles. The molecule has 6 nitrogen and oxygen atoms in total. The number of amides is 1. The Morgan fingerprint density at radius 3 is 2.57 bits per heavy atom. The van der Waals surface area contributed by atoms with E-state index in [1.807, 2.05) is 12.1 Å². The van der Waals surface area contributed by atoms with Gasteiger partial charge in [-0.05, 0) is 24.3 Å². The van der Waals surface area contributed by atoms with Crippen LogP contribution in [0.3, 0.4) is 0 Å². The smallest absolute Gasteiger partial charge is 0.258 e. The Hall–Kier alpha value is -2.60. The third kappa shape index (κ3) is 2.95. The molecule has 3 rings (SSSR count). The minimum Gasteiger partial charge on any atom is -0.319 e. The van der Waals surface area contributed by atoms with Crippen molar-refractivity contribution in [1.82, 2.24) is 19.6 Å². The van der Waals surface area contributed by atoms with E-state index in [1.54, 1.807) is 47.1 Å². The molecule has 0 radical (unpaired) electrons. The van der Waals surface area contributed by atoms with Crippen LogP contribution in [0.25, 0.3) is 5.69 Å². The number of aryl methyl sites for hydroxylation is 1. The van der Waals surface area contributed by atoms with E-state index in [0.29, 0.717) is 16.3 Å². The summed E-state index contributed by atoms with van der Waals surface area (Å²) in [6.07, 6.45) is 6.48. The second-order valence-corrected chi connectivity index (χ2v) is 4.94. The molecule has 0 unspecified atom stereocenters. The molecule has 0 saturated heterocycles. The topological polar surface area (TPSA) is 64.7 Å². The third-order valence-electron chi connectivity index (χ3n) is 2.90. The van der Waals surface area contributed by atoms with Gasteiger partial charge < -0.3 is 5.32 Å². The summed E-state index contributed by atoms with van der Waals surface area (Å²) in [5.41, 5.74) is 1.94.